The van der Waals surface area contributed by atoms with Gasteiger partial charge < -0.3 is 10.8 Å². The molecule has 0 rings (SSSR count). The van der Waals surface area contributed by atoms with Gasteiger partial charge in [-0.15, -0.1) is 0 Å². The Bertz CT molecular complexity index is 190. The van der Waals surface area contributed by atoms with Crippen LogP contribution in [0.3, 0.4) is 0 Å². The van der Waals surface area contributed by atoms with Crippen LogP contribution in [0.25, 0.3) is 0 Å². The fraction of sp³-hybridized carbons (Fsp3) is 1.00. The predicted octanol–water partition coefficient (Wildman–Crippen LogP) is 1.84. The molecule has 0 aliphatic rings. The molecule has 3 nitrogen and oxygen atoms in total. The lowest BCUT2D eigenvalue weighted by molar-refractivity contribution is 0.0770. The van der Waals surface area contributed by atoms with Crippen molar-refractivity contribution in [1.82, 2.24) is 4.90 Å². The van der Waals surface area contributed by atoms with Crippen molar-refractivity contribution in [2.24, 2.45) is 11.1 Å². The van der Waals surface area contributed by atoms with Crippen molar-refractivity contribution in [2.45, 2.75) is 52.5 Å². The van der Waals surface area contributed by atoms with Crippen molar-refractivity contribution in [3.8, 4) is 0 Å². The summed E-state index contributed by atoms with van der Waals surface area (Å²) in [5.41, 5.74) is 5.86. The first-order valence-corrected chi connectivity index (χ1v) is 6.27. The highest BCUT2D eigenvalue weighted by molar-refractivity contribution is 4.78. The maximum Gasteiger partial charge on any atom is 0.0609 e. The Hall–Kier alpha value is -0.120. The molecule has 98 valence electrons. The Labute approximate surface area is 101 Å². The summed E-state index contributed by atoms with van der Waals surface area (Å²) < 4.78 is 0. The number of hydrogen-bond acceptors (Lipinski definition) is 3. The molecule has 0 heterocycles. The van der Waals surface area contributed by atoms with Crippen LogP contribution in [0, 0.1) is 5.41 Å². The molecule has 0 aromatic carbocycles. The third-order valence-electron chi connectivity index (χ3n) is 3.57. The molecule has 16 heavy (non-hydrogen) atoms. The van der Waals surface area contributed by atoms with Crippen LogP contribution < -0.4 is 5.73 Å². The molecule has 0 aromatic heterocycles. The molecule has 3 N–H and O–H groups in total. The van der Waals surface area contributed by atoms with Crippen molar-refractivity contribution < 1.29 is 5.11 Å². The van der Waals surface area contributed by atoms with E-state index in [2.05, 4.69) is 39.6 Å². The second-order valence-corrected chi connectivity index (χ2v) is 6.22. The first kappa shape index (κ1) is 15.9. The highest BCUT2D eigenvalue weighted by atomic mass is 16.3. The van der Waals surface area contributed by atoms with E-state index in [0.717, 1.165) is 13.1 Å². The van der Waals surface area contributed by atoms with Crippen LogP contribution >= 0.6 is 0 Å². The van der Waals surface area contributed by atoms with Crippen molar-refractivity contribution in [3.05, 3.63) is 0 Å². The number of aliphatic hydroxyl groups is 1. The molecule has 0 aromatic rings. The van der Waals surface area contributed by atoms with Crippen LogP contribution in [0.2, 0.25) is 0 Å². The Morgan fingerprint density at radius 3 is 2.12 bits per heavy atom. The van der Waals surface area contributed by atoms with Crippen LogP contribution in [0.5, 0.6) is 0 Å². The van der Waals surface area contributed by atoms with Gasteiger partial charge in [-0.3, -0.25) is 4.90 Å². The van der Waals surface area contributed by atoms with Gasteiger partial charge >= 0.3 is 0 Å². The SMILES string of the molecule is CN(CCCCC(C)(C)CN)C(C)(C)CO. The van der Waals surface area contributed by atoms with Crippen LogP contribution in [-0.4, -0.2) is 42.3 Å². The van der Waals surface area contributed by atoms with E-state index in [1.807, 2.05) is 0 Å². The molecular weight excluding hydrogens is 200 g/mol. The highest BCUT2D eigenvalue weighted by Crippen LogP contribution is 2.21. The van der Waals surface area contributed by atoms with E-state index in [0.29, 0.717) is 0 Å². The van der Waals surface area contributed by atoms with E-state index in [-0.39, 0.29) is 17.6 Å². The predicted molar refractivity (Wildman–Crippen MR) is 70.5 cm³/mol. The first-order valence-electron chi connectivity index (χ1n) is 6.27. The fourth-order valence-corrected chi connectivity index (χ4v) is 1.48. The summed E-state index contributed by atoms with van der Waals surface area (Å²) >= 11 is 0. The molecule has 0 spiro atoms. The molecule has 0 aliphatic carbocycles. The lowest BCUT2D eigenvalue weighted by Crippen LogP contribution is -2.44. The molecule has 3 heteroatoms. The van der Waals surface area contributed by atoms with Gasteiger partial charge in [0.2, 0.25) is 0 Å². The van der Waals surface area contributed by atoms with Gasteiger partial charge in [-0.2, -0.15) is 0 Å². The minimum atomic E-state index is -0.108. The third kappa shape index (κ3) is 5.83. The van der Waals surface area contributed by atoms with Gasteiger partial charge in [0.25, 0.3) is 0 Å². The van der Waals surface area contributed by atoms with E-state index in [1.165, 1.54) is 19.3 Å². The molecular formula is C13H30N2O. The molecule has 0 amide bonds. The quantitative estimate of drug-likeness (QED) is 0.626. The van der Waals surface area contributed by atoms with Crippen molar-refractivity contribution >= 4 is 0 Å². The third-order valence-corrected chi connectivity index (χ3v) is 3.57. The fourth-order valence-electron chi connectivity index (χ4n) is 1.48. The summed E-state index contributed by atoms with van der Waals surface area (Å²) in [6, 6.07) is 0. The minimum Gasteiger partial charge on any atom is -0.394 e. The molecule has 0 fully saturated rings. The van der Waals surface area contributed by atoms with Crippen molar-refractivity contribution in [2.75, 3.05) is 26.7 Å². The number of hydrogen-bond donors (Lipinski definition) is 2. The van der Waals surface area contributed by atoms with E-state index in [4.69, 9.17) is 5.73 Å². The average Bonchev–Trinajstić information content (AvgIpc) is 2.24. The van der Waals surface area contributed by atoms with Crippen molar-refractivity contribution in [3.63, 3.8) is 0 Å². The summed E-state index contributed by atoms with van der Waals surface area (Å²) in [6.07, 6.45) is 3.55. The van der Waals surface area contributed by atoms with E-state index >= 15 is 0 Å². The Morgan fingerprint density at radius 2 is 1.69 bits per heavy atom. The Morgan fingerprint density at radius 1 is 1.12 bits per heavy atom. The van der Waals surface area contributed by atoms with E-state index in [9.17, 15) is 5.11 Å². The van der Waals surface area contributed by atoms with Crippen LogP contribution in [0.1, 0.15) is 47.0 Å². The molecule has 0 atom stereocenters. The summed E-state index contributed by atoms with van der Waals surface area (Å²) in [7, 11) is 2.07. The molecule has 0 saturated heterocycles. The van der Waals surface area contributed by atoms with E-state index in [1.54, 1.807) is 0 Å². The largest absolute Gasteiger partial charge is 0.394 e. The molecule has 0 bridgehead atoms. The molecule has 0 saturated carbocycles. The van der Waals surface area contributed by atoms with Crippen molar-refractivity contribution in [1.29, 1.82) is 0 Å². The van der Waals surface area contributed by atoms with Gasteiger partial charge in [0.15, 0.2) is 0 Å². The lowest BCUT2D eigenvalue weighted by atomic mass is 9.87. The zero-order valence-electron chi connectivity index (χ0n) is 11.7. The second kappa shape index (κ2) is 6.58. The van der Waals surface area contributed by atoms with Gasteiger partial charge in [-0.25, -0.2) is 0 Å². The normalized spacial score (nSPS) is 13.5. The summed E-state index contributed by atoms with van der Waals surface area (Å²) in [5.74, 6) is 0. The lowest BCUT2D eigenvalue weighted by Gasteiger charge is -2.34. The van der Waals surface area contributed by atoms with E-state index < -0.39 is 0 Å². The zero-order valence-corrected chi connectivity index (χ0v) is 11.7. The minimum absolute atomic E-state index is 0.108. The highest BCUT2D eigenvalue weighted by Gasteiger charge is 2.22. The first-order chi connectivity index (χ1) is 7.25. The van der Waals surface area contributed by atoms with Gasteiger partial charge in [0, 0.05) is 5.54 Å². The summed E-state index contributed by atoms with van der Waals surface area (Å²) in [6.45, 7) is 10.6. The Kier molecular flexibility index (Phi) is 6.53. The zero-order chi connectivity index (χ0) is 12.8. The number of unbranched alkanes of at least 4 members (excludes halogenated alkanes) is 1. The van der Waals surface area contributed by atoms with Gasteiger partial charge in [0.05, 0.1) is 6.61 Å². The number of rotatable bonds is 8. The van der Waals surface area contributed by atoms with Gasteiger partial charge in [-0.05, 0) is 52.2 Å². The summed E-state index contributed by atoms with van der Waals surface area (Å²) in [5, 5.41) is 9.23. The maximum atomic E-state index is 9.23. The monoisotopic (exact) mass is 230 g/mol. The summed E-state index contributed by atoms with van der Waals surface area (Å²) in [4.78, 5) is 2.22. The molecule has 0 unspecified atom stereocenters. The van der Waals surface area contributed by atoms with Gasteiger partial charge in [-0.1, -0.05) is 20.3 Å². The number of nitrogens with zero attached hydrogens (tertiary/aromatic N) is 1. The number of nitrogens with two attached hydrogens (primary N) is 1. The van der Waals surface area contributed by atoms with Crippen LogP contribution in [-0.2, 0) is 0 Å². The van der Waals surface area contributed by atoms with Crippen LogP contribution in [0.4, 0.5) is 0 Å². The second-order valence-electron chi connectivity index (χ2n) is 6.22. The van der Waals surface area contributed by atoms with Gasteiger partial charge in [0.1, 0.15) is 0 Å². The average molecular weight is 230 g/mol. The topological polar surface area (TPSA) is 49.5 Å². The van der Waals surface area contributed by atoms with Crippen LogP contribution in [0.15, 0.2) is 0 Å². The smallest absolute Gasteiger partial charge is 0.0609 e. The molecule has 0 aliphatic heterocycles. The molecule has 0 radical (unpaired) electrons. The Balaban J connectivity index is 3.75. The maximum absolute atomic E-state index is 9.23. The number of aliphatic hydroxyl groups excluding tert-OH is 1. The number of likely N-dealkylation sites (N-methyl/N-ethyl adjacent to an activating group) is 1. The standard InChI is InChI=1S/C13H30N2O/c1-12(2,10-14)8-6-7-9-15(5)13(3,4)11-16/h16H,6-11,14H2,1-5H3.